The Morgan fingerprint density at radius 2 is 1.88 bits per heavy atom. The van der Waals surface area contributed by atoms with Gasteiger partial charge in [0.15, 0.2) is 12.4 Å². The number of carbonyl (C=O) groups excluding carboxylic acids is 1. The van der Waals surface area contributed by atoms with Crippen molar-refractivity contribution in [2.45, 2.75) is 33.2 Å². The molecule has 1 amide bonds. The van der Waals surface area contributed by atoms with Crippen molar-refractivity contribution in [3.8, 4) is 11.5 Å². The summed E-state index contributed by atoms with van der Waals surface area (Å²) in [6.07, 6.45) is 0.569. The summed E-state index contributed by atoms with van der Waals surface area (Å²) in [5.41, 5.74) is 0. The third-order valence-corrected chi connectivity index (χ3v) is 3.23. The Bertz CT molecular complexity index is 639. The van der Waals surface area contributed by atoms with Gasteiger partial charge in [0.2, 0.25) is 0 Å². The first-order chi connectivity index (χ1) is 11.6. The molecule has 1 aromatic carbocycles. The van der Waals surface area contributed by atoms with Gasteiger partial charge >= 0.3 is 0 Å². The maximum atomic E-state index is 11.8. The van der Waals surface area contributed by atoms with E-state index in [4.69, 9.17) is 9.47 Å². The normalized spacial score (nSPS) is 10.7. The fraction of sp³-hybridized carbons (Fsp3) is 0.500. The number of ether oxygens (including phenoxy) is 2. The topological polar surface area (TPSA) is 91.2 Å². The number of rotatable bonds is 9. The van der Waals surface area contributed by atoms with Crippen LogP contribution in [0, 0.1) is 0 Å². The van der Waals surface area contributed by atoms with Gasteiger partial charge in [-0.3, -0.25) is 4.79 Å². The van der Waals surface area contributed by atoms with Crippen LogP contribution in [0.15, 0.2) is 24.3 Å². The molecule has 0 radical (unpaired) electrons. The maximum absolute atomic E-state index is 11.8. The minimum Gasteiger partial charge on any atom is -0.494 e. The number of tetrazole rings is 1. The lowest BCUT2D eigenvalue weighted by atomic mass is 10.3. The number of nitrogens with zero attached hydrogens (tertiary/aromatic N) is 4. The summed E-state index contributed by atoms with van der Waals surface area (Å²) in [6, 6.07) is 7.35. The number of hydrogen-bond acceptors (Lipinski definition) is 6. The van der Waals surface area contributed by atoms with Crippen molar-refractivity contribution in [1.29, 1.82) is 0 Å². The van der Waals surface area contributed by atoms with Crippen LogP contribution in [0.5, 0.6) is 11.5 Å². The molecule has 1 heterocycles. The summed E-state index contributed by atoms with van der Waals surface area (Å²) in [7, 11) is 0. The Labute approximate surface area is 141 Å². The fourth-order valence-corrected chi connectivity index (χ4v) is 2.09. The van der Waals surface area contributed by atoms with E-state index in [9.17, 15) is 4.79 Å². The average Bonchev–Trinajstić information content (AvgIpc) is 3.03. The zero-order valence-corrected chi connectivity index (χ0v) is 14.2. The molecule has 8 nitrogen and oxygen atoms in total. The predicted molar refractivity (Wildman–Crippen MR) is 88.0 cm³/mol. The lowest BCUT2D eigenvalue weighted by Crippen LogP contribution is -2.31. The van der Waals surface area contributed by atoms with Crippen LogP contribution >= 0.6 is 0 Å². The minimum atomic E-state index is -0.188. The summed E-state index contributed by atoms with van der Waals surface area (Å²) >= 11 is 0. The highest BCUT2D eigenvalue weighted by Crippen LogP contribution is 2.17. The van der Waals surface area contributed by atoms with Gasteiger partial charge in [-0.15, -0.1) is 5.10 Å². The molecule has 1 aromatic heterocycles. The number of benzene rings is 1. The smallest absolute Gasteiger partial charge is 0.257 e. The summed E-state index contributed by atoms with van der Waals surface area (Å²) in [5, 5.41) is 14.3. The van der Waals surface area contributed by atoms with Crippen LogP contribution in [-0.4, -0.2) is 45.9 Å². The molecule has 0 saturated heterocycles. The highest BCUT2D eigenvalue weighted by atomic mass is 16.5. The molecule has 0 aliphatic carbocycles. The third kappa shape index (κ3) is 5.22. The number of aromatic nitrogens is 4. The molecule has 0 atom stereocenters. The Hall–Kier alpha value is -2.64. The molecule has 2 aromatic rings. The van der Waals surface area contributed by atoms with Crippen LogP contribution in [0.1, 0.15) is 32.6 Å². The van der Waals surface area contributed by atoms with E-state index < -0.39 is 0 Å². The van der Waals surface area contributed by atoms with Gasteiger partial charge in [-0.1, -0.05) is 0 Å². The molecular formula is C16H23N5O3. The first-order valence-corrected chi connectivity index (χ1v) is 7.99. The van der Waals surface area contributed by atoms with Gasteiger partial charge in [-0.25, -0.2) is 4.68 Å². The van der Waals surface area contributed by atoms with E-state index in [0.29, 0.717) is 25.3 Å². The third-order valence-electron chi connectivity index (χ3n) is 3.23. The van der Waals surface area contributed by atoms with Crippen LogP contribution in [-0.2, 0) is 11.2 Å². The molecule has 2 rings (SSSR count). The Morgan fingerprint density at radius 3 is 2.50 bits per heavy atom. The van der Waals surface area contributed by atoms with Crippen LogP contribution in [0.25, 0.3) is 0 Å². The predicted octanol–water partition coefficient (Wildman–Crippen LogP) is 1.39. The van der Waals surface area contributed by atoms with Crippen molar-refractivity contribution in [3.63, 3.8) is 0 Å². The second-order valence-electron chi connectivity index (χ2n) is 5.43. The number of hydrogen-bond donors (Lipinski definition) is 1. The lowest BCUT2D eigenvalue weighted by molar-refractivity contribution is -0.123. The van der Waals surface area contributed by atoms with E-state index in [1.807, 2.05) is 32.9 Å². The Balaban J connectivity index is 1.70. The van der Waals surface area contributed by atoms with E-state index in [0.717, 1.165) is 11.6 Å². The molecule has 1 N–H and O–H groups in total. The van der Waals surface area contributed by atoms with Gasteiger partial charge in [-0.05, 0) is 55.5 Å². The first-order valence-electron chi connectivity index (χ1n) is 7.99. The van der Waals surface area contributed by atoms with Gasteiger partial charge in [0.25, 0.3) is 5.91 Å². The Morgan fingerprint density at radius 1 is 1.21 bits per heavy atom. The van der Waals surface area contributed by atoms with Gasteiger partial charge < -0.3 is 14.8 Å². The molecular weight excluding hydrogens is 310 g/mol. The molecule has 0 aliphatic heterocycles. The Kier molecular flexibility index (Phi) is 6.53. The molecule has 0 bridgehead atoms. The zero-order valence-electron chi connectivity index (χ0n) is 14.2. The first kappa shape index (κ1) is 17.7. The van der Waals surface area contributed by atoms with Gasteiger partial charge in [0, 0.05) is 13.0 Å². The molecule has 130 valence electrons. The number of amides is 1. The lowest BCUT2D eigenvalue weighted by Gasteiger charge is -2.09. The molecule has 0 spiro atoms. The van der Waals surface area contributed by atoms with E-state index in [1.165, 1.54) is 0 Å². The summed E-state index contributed by atoms with van der Waals surface area (Å²) in [5.74, 6) is 1.96. The van der Waals surface area contributed by atoms with Crippen molar-refractivity contribution in [1.82, 2.24) is 25.5 Å². The molecule has 8 heteroatoms. The van der Waals surface area contributed by atoms with Crippen LogP contribution in [0.2, 0.25) is 0 Å². The second-order valence-corrected chi connectivity index (χ2v) is 5.43. The largest absolute Gasteiger partial charge is 0.494 e. The molecule has 0 aliphatic rings. The quantitative estimate of drug-likeness (QED) is 0.746. The van der Waals surface area contributed by atoms with Crippen molar-refractivity contribution >= 4 is 5.91 Å². The summed E-state index contributed by atoms with van der Waals surface area (Å²) < 4.78 is 12.5. The van der Waals surface area contributed by atoms with Crippen LogP contribution in [0.3, 0.4) is 0 Å². The van der Waals surface area contributed by atoms with Crippen molar-refractivity contribution in [2.24, 2.45) is 0 Å². The number of nitrogens with one attached hydrogen (secondary N) is 1. The molecule has 0 saturated carbocycles. The van der Waals surface area contributed by atoms with Crippen molar-refractivity contribution < 1.29 is 14.3 Å². The van der Waals surface area contributed by atoms with Crippen molar-refractivity contribution in [3.05, 3.63) is 30.1 Å². The van der Waals surface area contributed by atoms with E-state index in [1.54, 1.807) is 16.8 Å². The number of carbonyl (C=O) groups is 1. The summed E-state index contributed by atoms with van der Waals surface area (Å²) in [6.45, 7) is 6.96. The monoisotopic (exact) mass is 333 g/mol. The van der Waals surface area contributed by atoms with Gasteiger partial charge in [0.1, 0.15) is 11.5 Å². The van der Waals surface area contributed by atoms with Crippen LogP contribution in [0.4, 0.5) is 0 Å². The standard InChI is InChI=1S/C16H23N5O3/c1-4-23-13-5-7-14(8-6-13)24-11-16(22)17-10-9-15-18-19-20-21(15)12(2)3/h5-8,12H,4,9-11H2,1-3H3,(H,17,22). The molecule has 0 unspecified atom stereocenters. The zero-order chi connectivity index (χ0) is 17.4. The second kappa shape index (κ2) is 8.85. The van der Waals surface area contributed by atoms with E-state index in [2.05, 4.69) is 20.8 Å². The molecule has 24 heavy (non-hydrogen) atoms. The van der Waals surface area contributed by atoms with Gasteiger partial charge in [0.05, 0.1) is 12.6 Å². The molecule has 0 fully saturated rings. The maximum Gasteiger partial charge on any atom is 0.257 e. The van der Waals surface area contributed by atoms with E-state index in [-0.39, 0.29) is 18.6 Å². The minimum absolute atomic E-state index is 0.0386. The van der Waals surface area contributed by atoms with E-state index >= 15 is 0 Å². The fourth-order valence-electron chi connectivity index (χ4n) is 2.09. The highest BCUT2D eigenvalue weighted by Gasteiger charge is 2.09. The summed E-state index contributed by atoms with van der Waals surface area (Å²) in [4.78, 5) is 11.8. The SMILES string of the molecule is CCOc1ccc(OCC(=O)NCCc2nnnn2C(C)C)cc1. The van der Waals surface area contributed by atoms with Crippen LogP contribution < -0.4 is 14.8 Å². The average molecular weight is 333 g/mol. The van der Waals surface area contributed by atoms with Crippen molar-refractivity contribution in [2.75, 3.05) is 19.8 Å². The van der Waals surface area contributed by atoms with Gasteiger partial charge in [-0.2, -0.15) is 0 Å². The highest BCUT2D eigenvalue weighted by molar-refractivity contribution is 5.77.